The Morgan fingerprint density at radius 2 is 1.92 bits per heavy atom. The first-order chi connectivity index (χ1) is 19.0. The van der Waals surface area contributed by atoms with Gasteiger partial charge in [-0.2, -0.15) is 4.98 Å². The van der Waals surface area contributed by atoms with Crippen molar-refractivity contribution in [1.82, 2.24) is 25.5 Å². The second-order valence-corrected chi connectivity index (χ2v) is 10.1. The van der Waals surface area contributed by atoms with Crippen LogP contribution in [0.5, 0.6) is 5.75 Å². The lowest BCUT2D eigenvalue weighted by atomic mass is 9.85. The molecule has 1 saturated carbocycles. The number of hydrogen-bond acceptors (Lipinski definition) is 8. The fourth-order valence-corrected chi connectivity index (χ4v) is 4.92. The van der Waals surface area contributed by atoms with Crippen LogP contribution in [0.4, 0.5) is 17.5 Å². The molecule has 0 saturated heterocycles. The second kappa shape index (κ2) is 13.9. The van der Waals surface area contributed by atoms with Crippen molar-refractivity contribution in [2.24, 2.45) is 5.92 Å². The van der Waals surface area contributed by atoms with E-state index < -0.39 is 0 Å². The fraction of sp³-hybridized carbons (Fsp3) is 0.517. The number of rotatable bonds is 8. The predicted molar refractivity (Wildman–Crippen MR) is 154 cm³/mol. The van der Waals surface area contributed by atoms with E-state index in [2.05, 4.69) is 50.0 Å². The van der Waals surface area contributed by atoms with Gasteiger partial charge in [-0.3, -0.25) is 9.59 Å². The standard InChI is InChI=1S/C29H41N7O3/c1-4-36(5-2)16-15-30-27(37)21-9-12-22(13-10-21)34-28(38)24-19-32-29-31-14-6-7-17-39-25-18-23(11-8-20(25)3)33-26(24)35-29/h6-8,11,18-19,21-22H,4-5,9-10,12-17H2,1-3H3,(H,30,37)(H,34,38)(H2,31,32,33,35). The van der Waals surface area contributed by atoms with Crippen LogP contribution in [-0.2, 0) is 4.79 Å². The number of amides is 2. The van der Waals surface area contributed by atoms with Gasteiger partial charge < -0.3 is 30.9 Å². The van der Waals surface area contributed by atoms with Gasteiger partial charge in [-0.25, -0.2) is 4.98 Å². The van der Waals surface area contributed by atoms with Crippen molar-refractivity contribution in [3.63, 3.8) is 0 Å². The van der Waals surface area contributed by atoms with Crippen LogP contribution >= 0.6 is 0 Å². The van der Waals surface area contributed by atoms with E-state index in [4.69, 9.17) is 4.74 Å². The van der Waals surface area contributed by atoms with Crippen LogP contribution in [-0.4, -0.2) is 72.1 Å². The van der Waals surface area contributed by atoms with E-state index in [9.17, 15) is 9.59 Å². The Morgan fingerprint density at radius 1 is 1.13 bits per heavy atom. The summed E-state index contributed by atoms with van der Waals surface area (Å²) in [6.07, 6.45) is 8.48. The SMILES string of the molecule is CCN(CC)CCNC(=O)C1CCC(NC(=O)c2cnc3nc2Nc2ccc(C)c(c2)OCC=CCN3)CC1. The van der Waals surface area contributed by atoms with E-state index in [0.717, 1.165) is 62.3 Å². The number of nitrogens with one attached hydrogen (secondary N) is 4. The Hall–Kier alpha value is -3.66. The summed E-state index contributed by atoms with van der Waals surface area (Å²) in [7, 11) is 0. The molecule has 4 bridgehead atoms. The van der Waals surface area contributed by atoms with E-state index in [1.165, 1.54) is 0 Å². The second-order valence-electron chi connectivity index (χ2n) is 10.1. The van der Waals surface area contributed by atoms with Crippen molar-refractivity contribution in [2.45, 2.75) is 52.5 Å². The molecule has 10 nitrogen and oxygen atoms in total. The minimum absolute atomic E-state index is 0.00139. The minimum Gasteiger partial charge on any atom is -0.489 e. The molecule has 0 unspecified atom stereocenters. The Balaban J connectivity index is 1.38. The van der Waals surface area contributed by atoms with Gasteiger partial charge in [0.2, 0.25) is 11.9 Å². The molecule has 0 atom stereocenters. The molecule has 1 aromatic heterocycles. The van der Waals surface area contributed by atoms with Crippen LogP contribution in [0.15, 0.2) is 36.5 Å². The highest BCUT2D eigenvalue weighted by Crippen LogP contribution is 2.28. The van der Waals surface area contributed by atoms with Crippen LogP contribution in [0, 0.1) is 12.8 Å². The summed E-state index contributed by atoms with van der Waals surface area (Å²) < 4.78 is 5.90. The molecule has 2 aliphatic rings. The smallest absolute Gasteiger partial charge is 0.256 e. The van der Waals surface area contributed by atoms with E-state index in [1.54, 1.807) is 6.20 Å². The Labute approximate surface area is 231 Å². The maximum Gasteiger partial charge on any atom is 0.256 e. The molecule has 4 rings (SSSR count). The van der Waals surface area contributed by atoms with Crippen molar-refractivity contribution < 1.29 is 14.3 Å². The van der Waals surface area contributed by atoms with Gasteiger partial charge >= 0.3 is 0 Å². The summed E-state index contributed by atoms with van der Waals surface area (Å²) >= 11 is 0. The first-order valence-corrected chi connectivity index (χ1v) is 14.0. The lowest BCUT2D eigenvalue weighted by Gasteiger charge is -2.29. The van der Waals surface area contributed by atoms with E-state index in [1.807, 2.05) is 37.3 Å². The number of carbonyl (C=O) groups excluding carboxylic acids is 2. The molecule has 0 spiro atoms. The van der Waals surface area contributed by atoms with Crippen molar-refractivity contribution in [1.29, 1.82) is 0 Å². The molecule has 39 heavy (non-hydrogen) atoms. The molecule has 1 aliphatic heterocycles. The van der Waals surface area contributed by atoms with Gasteiger partial charge in [-0.15, -0.1) is 0 Å². The normalized spacial score (nSPS) is 18.9. The molecule has 210 valence electrons. The largest absolute Gasteiger partial charge is 0.489 e. The highest BCUT2D eigenvalue weighted by atomic mass is 16.5. The first kappa shape index (κ1) is 28.4. The first-order valence-electron chi connectivity index (χ1n) is 14.0. The van der Waals surface area contributed by atoms with E-state index in [0.29, 0.717) is 37.0 Å². The van der Waals surface area contributed by atoms with E-state index >= 15 is 0 Å². The third-order valence-electron chi connectivity index (χ3n) is 7.42. The maximum absolute atomic E-state index is 13.3. The van der Waals surface area contributed by atoms with Crippen molar-refractivity contribution >= 4 is 29.3 Å². The fourth-order valence-electron chi connectivity index (χ4n) is 4.92. The molecule has 10 heteroatoms. The van der Waals surface area contributed by atoms with Gasteiger partial charge in [0.15, 0.2) is 0 Å². The third-order valence-corrected chi connectivity index (χ3v) is 7.42. The summed E-state index contributed by atoms with van der Waals surface area (Å²) in [6.45, 7) is 10.7. The zero-order valence-electron chi connectivity index (χ0n) is 23.3. The van der Waals surface area contributed by atoms with Crippen LogP contribution in [0.1, 0.15) is 55.5 Å². The predicted octanol–water partition coefficient (Wildman–Crippen LogP) is 3.64. The van der Waals surface area contributed by atoms with Gasteiger partial charge in [0, 0.05) is 49.5 Å². The van der Waals surface area contributed by atoms with Crippen LogP contribution in [0.3, 0.4) is 0 Å². The van der Waals surface area contributed by atoms with Gasteiger partial charge in [0.05, 0.1) is 0 Å². The molecule has 1 aliphatic carbocycles. The number of anilines is 3. The van der Waals surface area contributed by atoms with Gasteiger partial charge in [-0.1, -0.05) is 26.0 Å². The van der Waals surface area contributed by atoms with Crippen LogP contribution < -0.4 is 26.0 Å². The zero-order valence-corrected chi connectivity index (χ0v) is 23.3. The summed E-state index contributed by atoms with van der Waals surface area (Å²) in [4.78, 5) is 37.2. The maximum atomic E-state index is 13.3. The topological polar surface area (TPSA) is 121 Å². The number of ether oxygens (including phenoxy) is 1. The highest BCUT2D eigenvalue weighted by Gasteiger charge is 2.28. The monoisotopic (exact) mass is 535 g/mol. The summed E-state index contributed by atoms with van der Waals surface area (Å²) in [6, 6.07) is 5.82. The third kappa shape index (κ3) is 7.92. The summed E-state index contributed by atoms with van der Waals surface area (Å²) in [5.74, 6) is 1.50. The molecule has 1 aromatic carbocycles. The Morgan fingerprint density at radius 3 is 2.69 bits per heavy atom. The number of nitrogens with zero attached hydrogens (tertiary/aromatic N) is 3. The number of benzene rings is 1. The van der Waals surface area contributed by atoms with Gasteiger partial charge in [-0.05, 0) is 63.4 Å². The number of likely N-dealkylation sites (N-methyl/N-ethyl adjacent to an activating group) is 1. The molecule has 2 amide bonds. The number of aromatic nitrogens is 2. The average Bonchev–Trinajstić information content (AvgIpc) is 2.95. The molecule has 2 heterocycles. The number of aryl methyl sites for hydroxylation is 1. The average molecular weight is 536 g/mol. The Bertz CT molecular complexity index is 1160. The molecule has 2 aromatic rings. The van der Waals surface area contributed by atoms with Crippen LogP contribution in [0.25, 0.3) is 0 Å². The lowest BCUT2D eigenvalue weighted by Crippen LogP contribution is -2.42. The zero-order chi connectivity index (χ0) is 27.6. The highest BCUT2D eigenvalue weighted by molar-refractivity contribution is 5.99. The Kier molecular flexibility index (Phi) is 10.1. The molecule has 4 N–H and O–H groups in total. The van der Waals surface area contributed by atoms with Crippen molar-refractivity contribution in [2.75, 3.05) is 50.0 Å². The molecule has 1 fully saturated rings. The molecular formula is C29H41N7O3. The van der Waals surface area contributed by atoms with Crippen molar-refractivity contribution in [3.05, 3.63) is 47.7 Å². The van der Waals surface area contributed by atoms with Gasteiger partial charge in [0.1, 0.15) is 23.7 Å². The lowest BCUT2D eigenvalue weighted by molar-refractivity contribution is -0.126. The number of carbonyl (C=O) groups is 2. The molecule has 0 radical (unpaired) electrons. The minimum atomic E-state index is -0.232. The van der Waals surface area contributed by atoms with Gasteiger partial charge in [0.25, 0.3) is 5.91 Å². The van der Waals surface area contributed by atoms with Crippen LogP contribution in [0.2, 0.25) is 0 Å². The van der Waals surface area contributed by atoms with E-state index in [-0.39, 0.29) is 23.8 Å². The number of fused-ring (bicyclic) bond motifs is 4. The summed E-state index contributed by atoms with van der Waals surface area (Å²) in [5, 5.41) is 12.7. The quantitative estimate of drug-likeness (QED) is 0.378. The summed E-state index contributed by atoms with van der Waals surface area (Å²) in [5.41, 5.74) is 2.16. The molecular weight excluding hydrogens is 494 g/mol. The van der Waals surface area contributed by atoms with Crippen molar-refractivity contribution in [3.8, 4) is 5.75 Å². The number of hydrogen-bond donors (Lipinski definition) is 4.